The number of aromatic nitrogens is 1. The fraction of sp³-hybridized carbons (Fsp3) is 0.538. The van der Waals surface area contributed by atoms with Crippen LogP contribution in [0.5, 0.6) is 0 Å². The Balaban J connectivity index is 0.000000921. The van der Waals surface area contributed by atoms with Crippen LogP contribution in [0, 0.1) is 6.92 Å². The van der Waals surface area contributed by atoms with Crippen molar-refractivity contribution in [3.05, 3.63) is 29.6 Å². The van der Waals surface area contributed by atoms with Gasteiger partial charge in [-0.2, -0.15) is 0 Å². The molecule has 0 radical (unpaired) electrons. The molecule has 15 heavy (non-hydrogen) atoms. The minimum absolute atomic E-state index is 0.761. The Morgan fingerprint density at radius 1 is 1.47 bits per heavy atom. The summed E-state index contributed by atoms with van der Waals surface area (Å²) in [5.41, 5.74) is 4.74. The maximum absolute atomic E-state index is 5.03. The van der Waals surface area contributed by atoms with Crippen molar-refractivity contribution in [3.63, 3.8) is 0 Å². The lowest BCUT2D eigenvalue weighted by Crippen LogP contribution is -1.96. The zero-order chi connectivity index (χ0) is 11.8. The van der Waals surface area contributed by atoms with Crippen LogP contribution < -0.4 is 0 Å². The number of hydrogen-bond donors (Lipinski definition) is 1. The molecule has 0 aliphatic rings. The van der Waals surface area contributed by atoms with Gasteiger partial charge >= 0.3 is 0 Å². The van der Waals surface area contributed by atoms with Crippen LogP contribution in [0.1, 0.15) is 37.7 Å². The molecule has 0 unspecified atom stereocenters. The number of aryl methyl sites for hydroxylation is 1. The summed E-state index contributed by atoms with van der Waals surface area (Å²) in [7, 11) is 1.72. The second-order valence-electron chi connectivity index (χ2n) is 3.37. The predicted octanol–water partition coefficient (Wildman–Crippen LogP) is 3.57. The SMILES string of the molecule is C=C(C)c1cc(C)c(CCOC)[nH]1.CC. The topological polar surface area (TPSA) is 25.0 Å². The van der Waals surface area contributed by atoms with E-state index in [0.717, 1.165) is 24.3 Å². The lowest BCUT2D eigenvalue weighted by molar-refractivity contribution is 0.201. The predicted molar refractivity (Wildman–Crippen MR) is 67.2 cm³/mol. The van der Waals surface area contributed by atoms with E-state index in [1.165, 1.54) is 11.3 Å². The number of ether oxygens (including phenoxy) is 1. The van der Waals surface area contributed by atoms with Crippen molar-refractivity contribution in [1.29, 1.82) is 0 Å². The zero-order valence-electron chi connectivity index (χ0n) is 10.6. The molecule has 0 bridgehead atoms. The number of nitrogens with one attached hydrogen (secondary N) is 1. The number of hydrogen-bond acceptors (Lipinski definition) is 1. The first kappa shape index (κ1) is 14.0. The van der Waals surface area contributed by atoms with Gasteiger partial charge in [0.15, 0.2) is 0 Å². The Morgan fingerprint density at radius 2 is 2.07 bits per heavy atom. The van der Waals surface area contributed by atoms with Crippen LogP contribution in [-0.4, -0.2) is 18.7 Å². The first-order chi connectivity index (χ1) is 7.15. The molecule has 86 valence electrons. The van der Waals surface area contributed by atoms with Crippen molar-refractivity contribution in [3.8, 4) is 0 Å². The lowest BCUT2D eigenvalue weighted by Gasteiger charge is -1.98. The summed E-state index contributed by atoms with van der Waals surface area (Å²) in [6, 6.07) is 2.13. The molecular weight excluding hydrogens is 186 g/mol. The van der Waals surface area contributed by atoms with E-state index in [4.69, 9.17) is 4.74 Å². The molecule has 1 aromatic rings. The first-order valence-corrected chi connectivity index (χ1v) is 5.48. The molecule has 0 aliphatic heterocycles. The minimum Gasteiger partial charge on any atom is -0.384 e. The van der Waals surface area contributed by atoms with Gasteiger partial charge < -0.3 is 9.72 Å². The molecule has 0 saturated carbocycles. The Labute approximate surface area is 93.4 Å². The fourth-order valence-corrected chi connectivity index (χ4v) is 1.29. The molecule has 1 rings (SSSR count). The maximum atomic E-state index is 5.03. The highest BCUT2D eigenvalue weighted by Gasteiger charge is 2.03. The van der Waals surface area contributed by atoms with Gasteiger partial charge in [-0.25, -0.2) is 0 Å². The molecule has 1 N–H and O–H groups in total. The quantitative estimate of drug-likeness (QED) is 0.805. The van der Waals surface area contributed by atoms with E-state index in [9.17, 15) is 0 Å². The van der Waals surface area contributed by atoms with Crippen LogP contribution >= 0.6 is 0 Å². The average Bonchev–Trinajstić information content (AvgIpc) is 2.60. The van der Waals surface area contributed by atoms with E-state index < -0.39 is 0 Å². The van der Waals surface area contributed by atoms with Gasteiger partial charge in [0.2, 0.25) is 0 Å². The van der Waals surface area contributed by atoms with Crippen LogP contribution in [-0.2, 0) is 11.2 Å². The summed E-state index contributed by atoms with van der Waals surface area (Å²) in [6.07, 6.45) is 0.940. The summed E-state index contributed by atoms with van der Waals surface area (Å²) >= 11 is 0. The smallest absolute Gasteiger partial charge is 0.0517 e. The molecule has 0 aromatic carbocycles. The number of rotatable bonds is 4. The third-order valence-electron chi connectivity index (χ3n) is 2.14. The minimum atomic E-state index is 0.761. The maximum Gasteiger partial charge on any atom is 0.0517 e. The van der Waals surface area contributed by atoms with Gasteiger partial charge in [-0.05, 0) is 31.1 Å². The summed E-state index contributed by atoms with van der Waals surface area (Å²) in [5, 5.41) is 0. The Kier molecular flexibility index (Phi) is 6.80. The van der Waals surface area contributed by atoms with Crippen LogP contribution in [0.15, 0.2) is 12.6 Å². The summed E-state index contributed by atoms with van der Waals surface area (Å²) < 4.78 is 5.03. The average molecular weight is 209 g/mol. The van der Waals surface area contributed by atoms with E-state index >= 15 is 0 Å². The number of allylic oxidation sites excluding steroid dienone is 1. The molecule has 1 aromatic heterocycles. The van der Waals surface area contributed by atoms with Crippen LogP contribution in [0.3, 0.4) is 0 Å². The summed E-state index contributed by atoms with van der Waals surface area (Å²) in [4.78, 5) is 3.34. The number of H-pyrrole nitrogens is 1. The second-order valence-corrected chi connectivity index (χ2v) is 3.37. The molecule has 2 heteroatoms. The molecule has 0 amide bonds. The summed E-state index contributed by atoms with van der Waals surface area (Å²) in [6.45, 7) is 12.8. The highest BCUT2D eigenvalue weighted by Crippen LogP contribution is 2.16. The van der Waals surface area contributed by atoms with E-state index in [-0.39, 0.29) is 0 Å². The Bertz CT molecular complexity index is 299. The van der Waals surface area contributed by atoms with E-state index in [1.807, 2.05) is 20.8 Å². The Morgan fingerprint density at radius 3 is 2.47 bits per heavy atom. The molecule has 0 aliphatic carbocycles. The highest BCUT2D eigenvalue weighted by molar-refractivity contribution is 5.59. The molecular formula is C13H23NO. The van der Waals surface area contributed by atoms with Gasteiger partial charge in [-0.15, -0.1) is 0 Å². The molecule has 2 nitrogen and oxygen atoms in total. The number of methoxy groups -OCH3 is 1. The van der Waals surface area contributed by atoms with Gasteiger partial charge in [0.1, 0.15) is 0 Å². The zero-order valence-corrected chi connectivity index (χ0v) is 10.6. The van der Waals surface area contributed by atoms with Gasteiger partial charge in [0.25, 0.3) is 0 Å². The van der Waals surface area contributed by atoms with E-state index in [1.54, 1.807) is 7.11 Å². The fourth-order valence-electron chi connectivity index (χ4n) is 1.29. The number of aromatic amines is 1. The monoisotopic (exact) mass is 209 g/mol. The highest BCUT2D eigenvalue weighted by atomic mass is 16.5. The Hall–Kier alpha value is -1.02. The van der Waals surface area contributed by atoms with Gasteiger partial charge in [0, 0.05) is 24.9 Å². The summed E-state index contributed by atoms with van der Waals surface area (Å²) in [5.74, 6) is 0. The van der Waals surface area contributed by atoms with Crippen molar-refractivity contribution in [2.45, 2.75) is 34.1 Å². The molecule has 0 spiro atoms. The van der Waals surface area contributed by atoms with Crippen molar-refractivity contribution < 1.29 is 4.74 Å². The molecule has 0 atom stereocenters. The normalized spacial score (nSPS) is 9.40. The van der Waals surface area contributed by atoms with Crippen LogP contribution in [0.4, 0.5) is 0 Å². The lowest BCUT2D eigenvalue weighted by atomic mass is 10.2. The van der Waals surface area contributed by atoms with Crippen molar-refractivity contribution in [1.82, 2.24) is 4.98 Å². The van der Waals surface area contributed by atoms with E-state index in [0.29, 0.717) is 0 Å². The molecule has 0 saturated heterocycles. The van der Waals surface area contributed by atoms with Crippen molar-refractivity contribution in [2.75, 3.05) is 13.7 Å². The van der Waals surface area contributed by atoms with Gasteiger partial charge in [-0.3, -0.25) is 0 Å². The van der Waals surface area contributed by atoms with Gasteiger partial charge in [-0.1, -0.05) is 20.4 Å². The third kappa shape index (κ3) is 4.34. The van der Waals surface area contributed by atoms with Crippen molar-refractivity contribution in [2.24, 2.45) is 0 Å². The standard InChI is InChI=1S/C11H17NO.C2H6/c1-8(2)11-7-9(3)10(12-11)5-6-13-4;1-2/h7,12H,1,5-6H2,2-4H3;1-2H3. The second kappa shape index (κ2) is 7.30. The largest absolute Gasteiger partial charge is 0.384 e. The third-order valence-corrected chi connectivity index (χ3v) is 2.14. The molecule has 1 heterocycles. The van der Waals surface area contributed by atoms with Crippen molar-refractivity contribution >= 4 is 5.57 Å². The van der Waals surface area contributed by atoms with Crippen LogP contribution in [0.25, 0.3) is 5.57 Å². The first-order valence-electron chi connectivity index (χ1n) is 5.48. The van der Waals surface area contributed by atoms with E-state index in [2.05, 4.69) is 24.6 Å². The molecule has 0 fully saturated rings. The van der Waals surface area contributed by atoms with Gasteiger partial charge in [0.05, 0.1) is 6.61 Å². The van der Waals surface area contributed by atoms with Crippen LogP contribution in [0.2, 0.25) is 0 Å².